The number of para-hydroxylation sites is 2. The highest BCUT2D eigenvalue weighted by Gasteiger charge is 2.28. The Morgan fingerprint density at radius 3 is 2.44 bits per heavy atom. The highest BCUT2D eigenvalue weighted by molar-refractivity contribution is 7.89. The van der Waals surface area contributed by atoms with Gasteiger partial charge in [0.05, 0.1) is 33.9 Å². The summed E-state index contributed by atoms with van der Waals surface area (Å²) in [6.45, 7) is 3.84. The number of hydrogen-bond acceptors (Lipinski definition) is 6. The first-order valence-corrected chi connectivity index (χ1v) is 16.2. The van der Waals surface area contributed by atoms with Gasteiger partial charge in [0.1, 0.15) is 5.82 Å². The Hall–Kier alpha value is -4.61. The normalized spacial score (nSPS) is 12.8. The lowest BCUT2D eigenvalue weighted by Gasteiger charge is -2.23. The highest BCUT2D eigenvalue weighted by Crippen LogP contribution is 2.42. The Morgan fingerprint density at radius 1 is 0.977 bits per heavy atom. The molecule has 2 aromatic heterocycles. The zero-order valence-corrected chi connectivity index (χ0v) is 25.2. The van der Waals surface area contributed by atoms with Crippen LogP contribution in [0.1, 0.15) is 36.9 Å². The summed E-state index contributed by atoms with van der Waals surface area (Å²) in [5.74, 6) is -1.07. The molecule has 0 radical (unpaired) electrons. The number of rotatable bonds is 5. The fraction of sp³-hybridized carbons (Fsp3) is 0.156. The molecule has 11 heteroatoms. The standard InChI is InChI=1S/C32H27FN4O4S2/c1-19-7-6-9-25(33)29(19)34-31(38)28-18-23-15-16-36(26-10-5-4-8-24(26)30(23)42-28)32(39)22-13-11-21(12-14-22)27-17-20(2)35-37(27)43(3,40)41/h4-14,17-18H,15-16H2,1-3H3,(H,34,38). The van der Waals surface area contributed by atoms with E-state index in [-0.39, 0.29) is 17.5 Å². The zero-order chi connectivity index (χ0) is 30.5. The predicted molar refractivity (Wildman–Crippen MR) is 167 cm³/mol. The largest absolute Gasteiger partial charge is 0.319 e. The molecule has 0 aliphatic carbocycles. The Bertz CT molecular complexity index is 1990. The van der Waals surface area contributed by atoms with Crippen LogP contribution in [0.2, 0.25) is 0 Å². The molecule has 3 aromatic carbocycles. The smallest absolute Gasteiger partial charge is 0.265 e. The van der Waals surface area contributed by atoms with Crippen LogP contribution in [0.25, 0.3) is 21.7 Å². The molecule has 0 saturated heterocycles. The van der Waals surface area contributed by atoms with E-state index in [9.17, 15) is 22.4 Å². The molecule has 5 aromatic rings. The summed E-state index contributed by atoms with van der Waals surface area (Å²) in [5.41, 5.74) is 5.35. The summed E-state index contributed by atoms with van der Waals surface area (Å²) in [6.07, 6.45) is 1.61. The van der Waals surface area contributed by atoms with Crippen LogP contribution < -0.4 is 10.2 Å². The van der Waals surface area contributed by atoms with Crippen LogP contribution in [-0.2, 0) is 16.4 Å². The van der Waals surface area contributed by atoms with Crippen molar-refractivity contribution in [1.82, 2.24) is 9.19 Å². The number of nitrogens with one attached hydrogen (secondary N) is 1. The third kappa shape index (κ3) is 5.37. The Morgan fingerprint density at radius 2 is 1.72 bits per heavy atom. The number of benzene rings is 3. The molecule has 0 atom stereocenters. The number of nitrogens with zero attached hydrogens (tertiary/aromatic N) is 3. The van der Waals surface area contributed by atoms with Crippen LogP contribution in [0.4, 0.5) is 15.8 Å². The summed E-state index contributed by atoms with van der Waals surface area (Å²) < 4.78 is 39.8. The average molecular weight is 615 g/mol. The molecule has 0 saturated carbocycles. The van der Waals surface area contributed by atoms with Gasteiger partial charge in [0.25, 0.3) is 21.8 Å². The molecular weight excluding hydrogens is 588 g/mol. The van der Waals surface area contributed by atoms with Gasteiger partial charge in [-0.25, -0.2) is 12.8 Å². The summed E-state index contributed by atoms with van der Waals surface area (Å²) in [5, 5.41) is 6.81. The van der Waals surface area contributed by atoms with Crippen LogP contribution in [0, 0.1) is 19.7 Å². The number of carbonyl (C=O) groups is 2. The quantitative estimate of drug-likeness (QED) is 0.251. The van der Waals surface area contributed by atoms with Crippen LogP contribution in [0.5, 0.6) is 0 Å². The summed E-state index contributed by atoms with van der Waals surface area (Å²) in [6, 6.07) is 22.5. The van der Waals surface area contributed by atoms with Crippen LogP contribution in [-0.4, -0.2) is 42.2 Å². The molecule has 1 aliphatic rings. The minimum atomic E-state index is -3.60. The van der Waals surface area contributed by atoms with Crippen molar-refractivity contribution in [2.75, 3.05) is 23.0 Å². The number of hydrogen-bond donors (Lipinski definition) is 1. The molecule has 3 heterocycles. The first kappa shape index (κ1) is 28.5. The number of aromatic nitrogens is 2. The molecular formula is C32H27FN4O4S2. The summed E-state index contributed by atoms with van der Waals surface area (Å²) >= 11 is 1.32. The van der Waals surface area contributed by atoms with Crippen molar-refractivity contribution in [2.45, 2.75) is 20.3 Å². The fourth-order valence-corrected chi connectivity index (χ4v) is 7.18. The minimum Gasteiger partial charge on any atom is -0.319 e. The molecule has 0 bridgehead atoms. The third-order valence-electron chi connectivity index (χ3n) is 7.32. The maximum Gasteiger partial charge on any atom is 0.265 e. The highest BCUT2D eigenvalue weighted by atomic mass is 32.2. The zero-order valence-electron chi connectivity index (χ0n) is 23.6. The van der Waals surface area contributed by atoms with Gasteiger partial charge in [-0.2, -0.15) is 9.19 Å². The second kappa shape index (κ2) is 10.9. The summed E-state index contributed by atoms with van der Waals surface area (Å²) in [7, 11) is -3.60. The van der Waals surface area contributed by atoms with Crippen molar-refractivity contribution in [3.8, 4) is 21.7 Å². The molecule has 8 nitrogen and oxygen atoms in total. The van der Waals surface area contributed by atoms with E-state index in [1.54, 1.807) is 61.2 Å². The Labute approximate surface area is 252 Å². The summed E-state index contributed by atoms with van der Waals surface area (Å²) in [4.78, 5) is 30.0. The van der Waals surface area contributed by atoms with E-state index in [4.69, 9.17) is 0 Å². The molecule has 218 valence electrons. The number of fused-ring (bicyclic) bond motifs is 3. The maximum atomic E-state index is 14.4. The lowest BCUT2D eigenvalue weighted by Crippen LogP contribution is -2.32. The van der Waals surface area contributed by atoms with Gasteiger partial charge in [0.15, 0.2) is 0 Å². The van der Waals surface area contributed by atoms with Gasteiger partial charge in [-0.05, 0) is 67.8 Å². The van der Waals surface area contributed by atoms with Crippen molar-refractivity contribution < 1.29 is 22.4 Å². The fourth-order valence-electron chi connectivity index (χ4n) is 5.25. The minimum absolute atomic E-state index is 0.162. The van der Waals surface area contributed by atoms with Crippen molar-refractivity contribution >= 4 is 44.5 Å². The molecule has 43 heavy (non-hydrogen) atoms. The van der Waals surface area contributed by atoms with Crippen LogP contribution >= 0.6 is 11.3 Å². The van der Waals surface area contributed by atoms with Gasteiger partial charge in [-0.3, -0.25) is 9.59 Å². The van der Waals surface area contributed by atoms with Crippen LogP contribution in [0.3, 0.4) is 0 Å². The predicted octanol–water partition coefficient (Wildman–Crippen LogP) is 6.30. The first-order chi connectivity index (χ1) is 20.5. The number of anilines is 2. The number of halogens is 1. The monoisotopic (exact) mass is 614 g/mol. The van der Waals surface area contributed by atoms with Crippen molar-refractivity contribution in [1.29, 1.82) is 0 Å². The molecule has 0 fully saturated rings. The SMILES string of the molecule is Cc1cc(-c2ccc(C(=O)N3CCc4cc(C(=O)Nc5c(C)cccc5F)sc4-c4ccccc43)cc2)n(S(C)(=O)=O)n1. The number of thiophene rings is 1. The second-order valence-electron chi connectivity index (χ2n) is 10.4. The topological polar surface area (TPSA) is 101 Å². The van der Waals surface area contributed by atoms with Gasteiger partial charge in [-0.1, -0.05) is 42.5 Å². The first-order valence-electron chi connectivity index (χ1n) is 13.5. The Kier molecular flexibility index (Phi) is 7.23. The maximum absolute atomic E-state index is 14.4. The van der Waals surface area contributed by atoms with Crippen molar-refractivity contribution in [2.24, 2.45) is 0 Å². The molecule has 1 aliphatic heterocycles. The van der Waals surface area contributed by atoms with Gasteiger partial charge in [0.2, 0.25) is 0 Å². The third-order valence-corrected chi connectivity index (χ3v) is 9.44. The van der Waals surface area contributed by atoms with E-state index in [2.05, 4.69) is 10.4 Å². The number of amides is 2. The van der Waals surface area contributed by atoms with Crippen molar-refractivity contribution in [3.05, 3.63) is 112 Å². The molecule has 0 spiro atoms. The molecule has 6 rings (SSSR count). The van der Waals surface area contributed by atoms with E-state index >= 15 is 0 Å². The molecule has 2 amide bonds. The van der Waals surface area contributed by atoms with Gasteiger partial charge in [0, 0.05) is 28.1 Å². The van der Waals surface area contributed by atoms with Crippen LogP contribution in [0.15, 0.2) is 78.9 Å². The van der Waals surface area contributed by atoms with Gasteiger partial charge < -0.3 is 10.2 Å². The van der Waals surface area contributed by atoms with E-state index in [1.165, 1.54) is 17.4 Å². The van der Waals surface area contributed by atoms with E-state index in [0.29, 0.717) is 45.9 Å². The van der Waals surface area contributed by atoms with E-state index in [1.807, 2.05) is 30.3 Å². The Balaban J connectivity index is 1.29. The van der Waals surface area contributed by atoms with Crippen molar-refractivity contribution in [3.63, 3.8) is 0 Å². The van der Waals surface area contributed by atoms with E-state index < -0.39 is 15.8 Å². The van der Waals surface area contributed by atoms with Gasteiger partial charge in [-0.15, -0.1) is 11.3 Å². The lowest BCUT2D eigenvalue weighted by molar-refractivity contribution is 0.0985. The van der Waals surface area contributed by atoms with Gasteiger partial charge >= 0.3 is 0 Å². The van der Waals surface area contributed by atoms with E-state index in [0.717, 1.165) is 32.0 Å². The lowest BCUT2D eigenvalue weighted by atomic mass is 10.1. The number of aryl methyl sites for hydroxylation is 2. The second-order valence-corrected chi connectivity index (χ2v) is 13.3. The molecule has 0 unspecified atom stereocenters. The number of carbonyl (C=O) groups excluding carboxylic acids is 2. The molecule has 1 N–H and O–H groups in total. The average Bonchev–Trinajstić information content (AvgIpc) is 3.56.